The minimum Gasteiger partial charge on any atom is -0.388 e. The van der Waals surface area contributed by atoms with Gasteiger partial charge in [0.1, 0.15) is 12.2 Å². The van der Waals surface area contributed by atoms with E-state index in [9.17, 15) is 14.7 Å². The van der Waals surface area contributed by atoms with Gasteiger partial charge in [0.25, 0.3) is 0 Å². The molecule has 0 amide bonds. The molecular weight excluding hydrogens is 356 g/mol. The van der Waals surface area contributed by atoms with Gasteiger partial charge in [0.15, 0.2) is 17.9 Å². The summed E-state index contributed by atoms with van der Waals surface area (Å²) in [7, 11) is 0. The highest BCUT2D eigenvalue weighted by Gasteiger charge is 2.77. The number of fused-ring (bicyclic) bond motifs is 3. The molecule has 5 aliphatic rings. The molecule has 5 heteroatoms. The van der Waals surface area contributed by atoms with Gasteiger partial charge in [-0.2, -0.15) is 0 Å². The molecule has 2 bridgehead atoms. The fourth-order valence-electron chi connectivity index (χ4n) is 8.21. The van der Waals surface area contributed by atoms with E-state index in [0.717, 1.165) is 38.5 Å². The molecule has 1 N–H and O–H groups in total. The van der Waals surface area contributed by atoms with Gasteiger partial charge in [-0.1, -0.05) is 19.4 Å². The first-order valence-electron chi connectivity index (χ1n) is 11.0. The highest BCUT2D eigenvalue weighted by molar-refractivity contribution is 5.92. The average Bonchev–Trinajstić information content (AvgIpc) is 2.80. The van der Waals surface area contributed by atoms with Gasteiger partial charge in [-0.05, 0) is 75.2 Å². The van der Waals surface area contributed by atoms with Crippen molar-refractivity contribution in [3.05, 3.63) is 11.6 Å². The maximum absolute atomic E-state index is 13.0. The molecule has 0 aromatic heterocycles. The Balaban J connectivity index is 1.61. The maximum Gasteiger partial charge on any atom is 0.190 e. The predicted octanol–water partition coefficient (Wildman–Crippen LogP) is 3.33. The molecule has 0 aromatic rings. The normalized spacial score (nSPS) is 52.4. The average molecular weight is 389 g/mol. The molecule has 28 heavy (non-hydrogen) atoms. The Morgan fingerprint density at radius 1 is 1.11 bits per heavy atom. The zero-order valence-corrected chi connectivity index (χ0v) is 17.3. The van der Waals surface area contributed by atoms with Gasteiger partial charge < -0.3 is 14.6 Å². The number of hydrogen-bond acceptors (Lipinski definition) is 5. The number of carbonyl (C=O) groups is 2. The van der Waals surface area contributed by atoms with Gasteiger partial charge in [0.2, 0.25) is 0 Å². The fraction of sp³-hybridized carbons (Fsp3) is 0.826. The SMILES string of the molecule is CC1O[C@@]2(C(=O)CO)CC[C@@]3(O1)[C@@H]1CCC4=CC(=O)CC[C@]4(C)[C@H]1CC[C@]23C. The van der Waals surface area contributed by atoms with E-state index in [2.05, 4.69) is 13.8 Å². The van der Waals surface area contributed by atoms with Crippen LogP contribution in [0, 0.1) is 22.7 Å². The summed E-state index contributed by atoms with van der Waals surface area (Å²) in [6.45, 7) is 5.95. The lowest BCUT2D eigenvalue weighted by Gasteiger charge is -2.66. The summed E-state index contributed by atoms with van der Waals surface area (Å²) in [4.78, 5) is 25.0. The van der Waals surface area contributed by atoms with Crippen molar-refractivity contribution in [2.45, 2.75) is 89.6 Å². The third kappa shape index (κ3) is 1.99. The van der Waals surface area contributed by atoms with E-state index in [1.807, 2.05) is 13.0 Å². The Morgan fingerprint density at radius 3 is 2.64 bits per heavy atom. The second-order valence-corrected chi connectivity index (χ2v) is 10.3. The Bertz CT molecular complexity index is 773. The van der Waals surface area contributed by atoms with E-state index < -0.39 is 23.9 Å². The number of rotatable bonds is 2. The van der Waals surface area contributed by atoms with Crippen LogP contribution in [-0.4, -0.2) is 40.8 Å². The predicted molar refractivity (Wildman–Crippen MR) is 102 cm³/mol. The molecule has 1 saturated heterocycles. The second kappa shape index (κ2) is 5.77. The first-order valence-corrected chi connectivity index (χ1v) is 11.0. The van der Waals surface area contributed by atoms with E-state index in [1.165, 1.54) is 5.57 Å². The lowest BCUT2D eigenvalue weighted by Crippen LogP contribution is -2.71. The van der Waals surface area contributed by atoms with Crippen LogP contribution < -0.4 is 0 Å². The van der Waals surface area contributed by atoms with Gasteiger partial charge in [0.05, 0.1) is 5.60 Å². The van der Waals surface area contributed by atoms with Crippen molar-refractivity contribution in [3.63, 3.8) is 0 Å². The lowest BCUT2D eigenvalue weighted by molar-refractivity contribution is -0.364. The summed E-state index contributed by atoms with van der Waals surface area (Å²) in [5.41, 5.74) is -0.321. The van der Waals surface area contributed by atoms with Crippen LogP contribution in [0.1, 0.15) is 72.1 Å². The number of Topliss-reactive ketones (excluding diaryl/α,β-unsaturated/α-hetero) is 1. The van der Waals surface area contributed by atoms with Crippen LogP contribution in [0.15, 0.2) is 11.6 Å². The highest BCUT2D eigenvalue weighted by Crippen LogP contribution is 2.73. The molecule has 0 spiro atoms. The molecule has 1 unspecified atom stereocenters. The Hall–Kier alpha value is -1.04. The third-order valence-electron chi connectivity index (χ3n) is 9.55. The van der Waals surface area contributed by atoms with Crippen LogP contribution in [0.3, 0.4) is 0 Å². The van der Waals surface area contributed by atoms with E-state index in [1.54, 1.807) is 0 Å². The number of aliphatic hydroxyl groups is 1. The minimum atomic E-state index is -0.927. The number of aliphatic hydroxyl groups excluding tert-OH is 1. The van der Waals surface area contributed by atoms with E-state index in [-0.39, 0.29) is 22.6 Å². The zero-order chi connectivity index (χ0) is 19.9. The molecule has 1 heterocycles. The molecule has 3 saturated carbocycles. The fourth-order valence-corrected chi connectivity index (χ4v) is 8.21. The molecule has 4 aliphatic carbocycles. The Morgan fingerprint density at radius 2 is 1.89 bits per heavy atom. The quantitative estimate of drug-likeness (QED) is 0.785. The van der Waals surface area contributed by atoms with Crippen molar-refractivity contribution in [2.24, 2.45) is 22.7 Å². The molecule has 0 aromatic carbocycles. The van der Waals surface area contributed by atoms with Crippen molar-refractivity contribution >= 4 is 11.6 Å². The first-order chi connectivity index (χ1) is 13.2. The molecule has 154 valence electrons. The van der Waals surface area contributed by atoms with Gasteiger partial charge in [0, 0.05) is 11.8 Å². The summed E-state index contributed by atoms with van der Waals surface area (Å²) in [5.74, 6) is 0.922. The monoisotopic (exact) mass is 388 g/mol. The molecule has 1 aliphatic heterocycles. The standard InChI is InChI=1S/C23H32O5/c1-14-27-22-10-11-23(28-14,19(26)13-24)21(22,3)9-7-17-18(22)5-4-15-12-16(25)6-8-20(15,17)2/h12,14,17-18,24H,4-11,13H2,1-3H3/t14?,17-,18+,20-,21-,22+,23+/m0/s1. The Labute approximate surface area is 166 Å². The van der Waals surface area contributed by atoms with Crippen molar-refractivity contribution in [2.75, 3.05) is 6.61 Å². The number of ether oxygens (including phenoxy) is 2. The molecular formula is C23H32O5. The summed E-state index contributed by atoms with van der Waals surface area (Å²) >= 11 is 0. The maximum atomic E-state index is 13.0. The molecule has 5 rings (SSSR count). The van der Waals surface area contributed by atoms with E-state index in [4.69, 9.17) is 9.47 Å². The lowest BCUT2D eigenvalue weighted by atomic mass is 9.44. The summed E-state index contributed by atoms with van der Waals surface area (Å²) < 4.78 is 12.9. The van der Waals surface area contributed by atoms with E-state index >= 15 is 0 Å². The summed E-state index contributed by atoms with van der Waals surface area (Å²) in [6.07, 6.45) is 8.33. The zero-order valence-electron chi connectivity index (χ0n) is 17.3. The topological polar surface area (TPSA) is 72.8 Å². The van der Waals surface area contributed by atoms with Gasteiger partial charge >= 0.3 is 0 Å². The number of allylic oxidation sites excluding steroid dienone is 1. The van der Waals surface area contributed by atoms with Crippen molar-refractivity contribution in [1.29, 1.82) is 0 Å². The molecule has 7 atom stereocenters. The van der Waals surface area contributed by atoms with Crippen LogP contribution in [0.2, 0.25) is 0 Å². The van der Waals surface area contributed by atoms with Crippen LogP contribution in [-0.2, 0) is 19.1 Å². The molecule has 5 nitrogen and oxygen atoms in total. The van der Waals surface area contributed by atoms with Crippen LogP contribution in [0.25, 0.3) is 0 Å². The van der Waals surface area contributed by atoms with Crippen LogP contribution in [0.4, 0.5) is 0 Å². The highest BCUT2D eigenvalue weighted by atomic mass is 16.7. The molecule has 0 radical (unpaired) electrons. The van der Waals surface area contributed by atoms with Gasteiger partial charge in [-0.15, -0.1) is 0 Å². The van der Waals surface area contributed by atoms with Crippen molar-refractivity contribution < 1.29 is 24.2 Å². The van der Waals surface area contributed by atoms with E-state index in [0.29, 0.717) is 24.7 Å². The summed E-state index contributed by atoms with van der Waals surface area (Å²) in [5, 5.41) is 9.73. The number of hydrogen-bond donors (Lipinski definition) is 1. The third-order valence-corrected chi connectivity index (χ3v) is 9.55. The molecule has 4 fully saturated rings. The number of ketones is 2. The first kappa shape index (κ1) is 19.0. The smallest absolute Gasteiger partial charge is 0.190 e. The Kier molecular flexibility index (Phi) is 3.90. The summed E-state index contributed by atoms with van der Waals surface area (Å²) in [6, 6.07) is 0. The van der Waals surface area contributed by atoms with Crippen LogP contribution >= 0.6 is 0 Å². The number of carbonyl (C=O) groups excluding carboxylic acids is 2. The van der Waals surface area contributed by atoms with Crippen molar-refractivity contribution in [3.8, 4) is 0 Å². The van der Waals surface area contributed by atoms with Crippen LogP contribution in [0.5, 0.6) is 0 Å². The van der Waals surface area contributed by atoms with Crippen molar-refractivity contribution in [1.82, 2.24) is 0 Å². The van der Waals surface area contributed by atoms with Gasteiger partial charge in [-0.3, -0.25) is 9.59 Å². The largest absolute Gasteiger partial charge is 0.388 e. The second-order valence-electron chi connectivity index (χ2n) is 10.3. The van der Waals surface area contributed by atoms with Gasteiger partial charge in [-0.25, -0.2) is 0 Å². The minimum absolute atomic E-state index is 0.0596.